The number of hydrogen-bond acceptors (Lipinski definition) is 3. The maximum absolute atomic E-state index is 13.1. The second kappa shape index (κ2) is 5.24. The summed E-state index contributed by atoms with van der Waals surface area (Å²) in [6, 6.07) is 6.62. The van der Waals surface area contributed by atoms with Crippen molar-refractivity contribution in [3.8, 4) is 11.6 Å². The van der Waals surface area contributed by atoms with Crippen molar-refractivity contribution in [2.75, 3.05) is 0 Å². The van der Waals surface area contributed by atoms with Crippen LogP contribution in [0.3, 0.4) is 0 Å². The minimum absolute atomic E-state index is 0.00809. The first kappa shape index (κ1) is 13.3. The van der Waals surface area contributed by atoms with E-state index in [0.717, 1.165) is 0 Å². The second-order valence-corrected chi connectivity index (χ2v) is 4.22. The average Bonchev–Trinajstić information content (AvgIpc) is 2.33. The zero-order valence-electron chi connectivity index (χ0n) is 9.85. The number of halogens is 2. The highest BCUT2D eigenvalue weighted by atomic mass is 35.5. The number of pyridine rings is 1. The quantitative estimate of drug-likeness (QED) is 0.872. The second-order valence-electron chi connectivity index (χ2n) is 3.83. The van der Waals surface area contributed by atoms with Crippen LogP contribution in [-0.2, 0) is 0 Å². The molecule has 0 fully saturated rings. The fraction of sp³-hybridized carbons (Fsp3) is 0.0769. The minimum atomic E-state index is -1.13. The number of carboxylic acid groups (broad SMARTS) is 1. The number of benzene rings is 1. The zero-order chi connectivity index (χ0) is 14.0. The van der Waals surface area contributed by atoms with Gasteiger partial charge in [-0.3, -0.25) is 0 Å². The van der Waals surface area contributed by atoms with Crippen LogP contribution < -0.4 is 4.74 Å². The maximum Gasteiger partial charge on any atom is 0.335 e. The molecule has 0 spiro atoms. The van der Waals surface area contributed by atoms with Gasteiger partial charge < -0.3 is 9.84 Å². The van der Waals surface area contributed by atoms with Crippen LogP contribution in [0.5, 0.6) is 11.6 Å². The molecule has 0 aliphatic rings. The van der Waals surface area contributed by atoms with Gasteiger partial charge in [0.1, 0.15) is 16.7 Å². The molecule has 1 aromatic carbocycles. The Morgan fingerprint density at radius 3 is 2.74 bits per heavy atom. The first-order chi connectivity index (χ1) is 8.95. The van der Waals surface area contributed by atoms with Crippen molar-refractivity contribution in [2.24, 2.45) is 0 Å². The molecular weight excluding hydrogens is 273 g/mol. The van der Waals surface area contributed by atoms with Gasteiger partial charge in [0.05, 0.1) is 5.56 Å². The predicted octanol–water partition coefficient (Wildman–Crippen LogP) is 3.67. The van der Waals surface area contributed by atoms with E-state index >= 15 is 0 Å². The summed E-state index contributed by atoms with van der Waals surface area (Å²) in [5.74, 6) is -1.09. The summed E-state index contributed by atoms with van der Waals surface area (Å²) >= 11 is 5.70. The van der Waals surface area contributed by atoms with E-state index in [-0.39, 0.29) is 22.4 Å². The Morgan fingerprint density at radius 2 is 2.11 bits per heavy atom. The number of ether oxygens (including phenoxy) is 1. The summed E-state index contributed by atoms with van der Waals surface area (Å²) in [5, 5.41) is 8.90. The fourth-order valence-electron chi connectivity index (χ4n) is 1.45. The smallest absolute Gasteiger partial charge is 0.335 e. The first-order valence-corrected chi connectivity index (χ1v) is 5.68. The monoisotopic (exact) mass is 281 g/mol. The molecule has 98 valence electrons. The molecule has 2 aromatic rings. The Hall–Kier alpha value is -2.14. The lowest BCUT2D eigenvalue weighted by Gasteiger charge is -2.07. The van der Waals surface area contributed by atoms with Gasteiger partial charge in [-0.25, -0.2) is 14.2 Å². The molecule has 1 aromatic heterocycles. The average molecular weight is 282 g/mol. The van der Waals surface area contributed by atoms with Crippen LogP contribution in [0.1, 0.15) is 15.9 Å². The van der Waals surface area contributed by atoms with Crippen LogP contribution in [0, 0.1) is 12.7 Å². The Morgan fingerprint density at radius 1 is 1.37 bits per heavy atom. The lowest BCUT2D eigenvalue weighted by Crippen LogP contribution is -1.99. The molecule has 1 N–H and O–H groups in total. The molecule has 1 heterocycles. The van der Waals surface area contributed by atoms with Gasteiger partial charge in [0.25, 0.3) is 0 Å². The maximum atomic E-state index is 13.1. The van der Waals surface area contributed by atoms with E-state index in [9.17, 15) is 9.18 Å². The molecule has 0 aliphatic carbocycles. The van der Waals surface area contributed by atoms with E-state index in [4.69, 9.17) is 21.4 Å². The summed E-state index contributed by atoms with van der Waals surface area (Å²) in [5.41, 5.74) is 0.381. The summed E-state index contributed by atoms with van der Waals surface area (Å²) in [7, 11) is 0. The summed E-state index contributed by atoms with van der Waals surface area (Å²) in [4.78, 5) is 14.7. The van der Waals surface area contributed by atoms with Crippen LogP contribution in [0.4, 0.5) is 4.39 Å². The number of carboxylic acids is 1. The van der Waals surface area contributed by atoms with E-state index in [1.165, 1.54) is 30.3 Å². The molecule has 0 saturated carbocycles. The normalized spacial score (nSPS) is 10.3. The van der Waals surface area contributed by atoms with E-state index in [2.05, 4.69) is 4.98 Å². The third-order valence-corrected chi connectivity index (χ3v) is 2.56. The third-order valence-electron chi connectivity index (χ3n) is 2.37. The lowest BCUT2D eigenvalue weighted by atomic mass is 10.2. The van der Waals surface area contributed by atoms with Crippen LogP contribution in [0.2, 0.25) is 5.15 Å². The van der Waals surface area contributed by atoms with Gasteiger partial charge >= 0.3 is 5.97 Å². The number of nitrogens with zero attached hydrogens (tertiary/aromatic N) is 1. The van der Waals surface area contributed by atoms with Gasteiger partial charge in [-0.2, -0.15) is 0 Å². The first-order valence-electron chi connectivity index (χ1n) is 5.30. The summed E-state index contributed by atoms with van der Waals surface area (Å²) in [6.07, 6.45) is 0. The van der Waals surface area contributed by atoms with Gasteiger partial charge in [0.15, 0.2) is 0 Å². The highest BCUT2D eigenvalue weighted by Gasteiger charge is 2.09. The zero-order valence-corrected chi connectivity index (χ0v) is 10.6. The van der Waals surface area contributed by atoms with Gasteiger partial charge in [-0.05, 0) is 36.8 Å². The molecule has 0 atom stereocenters. The standard InChI is InChI=1S/C13H9ClFNO3/c1-7-4-9(2-3-10(7)15)19-12-6-8(13(17)18)5-11(14)16-12/h2-6H,1H3,(H,17,18). The Labute approximate surface area is 113 Å². The molecule has 0 unspecified atom stereocenters. The van der Waals surface area contributed by atoms with Crippen molar-refractivity contribution in [1.29, 1.82) is 0 Å². The van der Waals surface area contributed by atoms with Crippen molar-refractivity contribution in [3.05, 3.63) is 52.4 Å². The number of carbonyl (C=O) groups is 1. The SMILES string of the molecule is Cc1cc(Oc2cc(C(=O)O)cc(Cl)n2)ccc1F. The number of aryl methyl sites for hydroxylation is 1. The van der Waals surface area contributed by atoms with Gasteiger partial charge in [-0.15, -0.1) is 0 Å². The fourth-order valence-corrected chi connectivity index (χ4v) is 1.65. The molecular formula is C13H9ClFNO3. The number of aromatic nitrogens is 1. The van der Waals surface area contributed by atoms with Crippen molar-refractivity contribution >= 4 is 17.6 Å². The molecule has 6 heteroatoms. The Kier molecular flexibility index (Phi) is 3.66. The minimum Gasteiger partial charge on any atom is -0.478 e. The molecule has 0 amide bonds. The summed E-state index contributed by atoms with van der Waals surface area (Å²) in [6.45, 7) is 1.59. The molecule has 2 rings (SSSR count). The van der Waals surface area contributed by atoms with E-state index in [0.29, 0.717) is 11.3 Å². The molecule has 0 bridgehead atoms. The predicted molar refractivity (Wildman–Crippen MR) is 67.4 cm³/mol. The molecule has 4 nitrogen and oxygen atoms in total. The topological polar surface area (TPSA) is 59.4 Å². The van der Waals surface area contributed by atoms with Crippen molar-refractivity contribution < 1.29 is 19.0 Å². The van der Waals surface area contributed by atoms with E-state index in [1.807, 2.05) is 0 Å². The lowest BCUT2D eigenvalue weighted by molar-refractivity contribution is 0.0696. The van der Waals surface area contributed by atoms with Gasteiger partial charge in [-0.1, -0.05) is 11.6 Å². The molecule has 0 radical (unpaired) electrons. The number of rotatable bonds is 3. The molecule has 19 heavy (non-hydrogen) atoms. The van der Waals surface area contributed by atoms with Gasteiger partial charge in [0.2, 0.25) is 5.88 Å². The number of aromatic carboxylic acids is 1. The van der Waals surface area contributed by atoms with Crippen LogP contribution in [0.15, 0.2) is 30.3 Å². The van der Waals surface area contributed by atoms with Crippen molar-refractivity contribution in [2.45, 2.75) is 6.92 Å². The van der Waals surface area contributed by atoms with Crippen LogP contribution in [-0.4, -0.2) is 16.1 Å². The molecule has 0 saturated heterocycles. The Bertz CT molecular complexity index is 646. The van der Waals surface area contributed by atoms with Crippen LogP contribution >= 0.6 is 11.6 Å². The van der Waals surface area contributed by atoms with Crippen molar-refractivity contribution in [1.82, 2.24) is 4.98 Å². The van der Waals surface area contributed by atoms with Gasteiger partial charge in [0, 0.05) is 6.07 Å². The summed E-state index contributed by atoms with van der Waals surface area (Å²) < 4.78 is 18.5. The largest absolute Gasteiger partial charge is 0.478 e. The van der Waals surface area contributed by atoms with Crippen molar-refractivity contribution in [3.63, 3.8) is 0 Å². The van der Waals surface area contributed by atoms with E-state index < -0.39 is 5.97 Å². The van der Waals surface area contributed by atoms with Crippen LogP contribution in [0.25, 0.3) is 0 Å². The highest BCUT2D eigenvalue weighted by molar-refractivity contribution is 6.29. The molecule has 0 aliphatic heterocycles. The Balaban J connectivity index is 2.32. The highest BCUT2D eigenvalue weighted by Crippen LogP contribution is 2.24. The van der Waals surface area contributed by atoms with E-state index in [1.54, 1.807) is 6.92 Å². The third kappa shape index (κ3) is 3.20. The number of hydrogen-bond donors (Lipinski definition) is 1.